The van der Waals surface area contributed by atoms with Gasteiger partial charge in [0.1, 0.15) is 32.7 Å². The maximum atomic E-state index is 15.5. The number of hydrogen-bond donors (Lipinski definition) is 3. The molecule has 17 heteroatoms. The number of nitrogens with one attached hydrogen (secondary N) is 1. The Bertz CT molecular complexity index is 3180. The molecule has 86 heavy (non-hydrogen) atoms. The van der Waals surface area contributed by atoms with Gasteiger partial charge in [-0.25, -0.2) is 0 Å². The van der Waals surface area contributed by atoms with Crippen LogP contribution in [-0.4, -0.2) is 144 Å². The molecule has 1 saturated heterocycles. The average molecular weight is 1170 g/mol. The number of hydroxylamine groups is 2. The van der Waals surface area contributed by atoms with Gasteiger partial charge in [0.05, 0.1) is 37.3 Å². The van der Waals surface area contributed by atoms with E-state index in [1.54, 1.807) is 13.8 Å². The van der Waals surface area contributed by atoms with E-state index in [1.807, 2.05) is 224 Å². The zero-order valence-electron chi connectivity index (χ0n) is 51.0. The van der Waals surface area contributed by atoms with E-state index in [1.165, 1.54) is 34.5 Å². The lowest BCUT2D eigenvalue weighted by atomic mass is 9.79. The van der Waals surface area contributed by atoms with E-state index < -0.39 is 103 Å². The van der Waals surface area contributed by atoms with Crippen LogP contribution in [0.5, 0.6) is 0 Å². The molecule has 0 saturated carbocycles. The van der Waals surface area contributed by atoms with Gasteiger partial charge in [-0.2, -0.15) is 5.06 Å². The zero-order chi connectivity index (χ0) is 62.1. The average Bonchev–Trinajstić information content (AvgIpc) is 1.47. The molecule has 0 unspecified atom stereocenters. The summed E-state index contributed by atoms with van der Waals surface area (Å²) in [6, 6.07) is 52.7. The van der Waals surface area contributed by atoms with E-state index in [2.05, 4.69) is 5.32 Å². The molecule has 0 aromatic heterocycles. The molecule has 4 N–H and O–H groups in total. The van der Waals surface area contributed by atoms with Gasteiger partial charge in [-0.15, -0.1) is 0 Å². The first-order chi connectivity index (χ1) is 41.0. The van der Waals surface area contributed by atoms with Gasteiger partial charge < -0.3 is 45.7 Å². The van der Waals surface area contributed by atoms with Gasteiger partial charge in [0.15, 0.2) is 0 Å². The summed E-state index contributed by atoms with van der Waals surface area (Å²) in [5, 5.41) is 15.9. The lowest BCUT2D eigenvalue weighted by Gasteiger charge is -2.51. The van der Waals surface area contributed by atoms with Crippen LogP contribution in [0.3, 0.4) is 0 Å². The Morgan fingerprint density at radius 3 is 1.01 bits per heavy atom. The molecule has 0 radical (unpaired) electrons. The largest absolute Gasteiger partial charge is 0.368 e. The van der Waals surface area contributed by atoms with Gasteiger partial charge in [0.25, 0.3) is 0 Å². The number of piperidine rings is 1. The summed E-state index contributed by atoms with van der Waals surface area (Å²) < 4.78 is 0. The van der Waals surface area contributed by atoms with Crippen molar-refractivity contribution >= 4 is 41.4 Å². The molecular weight excluding hydrogens is 1080 g/mol. The minimum absolute atomic E-state index is 0.000547. The first-order valence-corrected chi connectivity index (χ1v) is 29.5. The van der Waals surface area contributed by atoms with Gasteiger partial charge in [0.2, 0.25) is 41.4 Å². The van der Waals surface area contributed by atoms with Crippen LogP contribution >= 0.6 is 0 Å². The highest BCUT2D eigenvalue weighted by atomic mass is 16.5. The second kappa shape index (κ2) is 30.0. The minimum Gasteiger partial charge on any atom is -0.368 e. The fraction of sp³-hybridized carbons (Fsp3) is 0.377. The van der Waals surface area contributed by atoms with Crippen molar-refractivity contribution in [2.45, 2.75) is 123 Å². The topological polar surface area (TPSA) is 200 Å². The molecular formula is C69H85N9O8. The van der Waals surface area contributed by atoms with E-state index in [-0.39, 0.29) is 38.1 Å². The van der Waals surface area contributed by atoms with Crippen molar-refractivity contribution < 1.29 is 38.8 Å². The molecule has 6 aromatic rings. The van der Waals surface area contributed by atoms with Crippen molar-refractivity contribution in [3.63, 3.8) is 0 Å². The highest BCUT2D eigenvalue weighted by molar-refractivity contribution is 5.93. The summed E-state index contributed by atoms with van der Waals surface area (Å²) in [5.74, 6) is -3.80. The first kappa shape index (κ1) is 65.0. The molecule has 4 atom stereocenters. The van der Waals surface area contributed by atoms with Crippen LogP contribution in [0.4, 0.5) is 0 Å². The number of carbonyl (C=O) groups excluding carboxylic acids is 7. The summed E-state index contributed by atoms with van der Waals surface area (Å²) in [5.41, 5.74) is 9.02. The Morgan fingerprint density at radius 1 is 0.430 bits per heavy atom. The molecule has 0 aliphatic carbocycles. The lowest BCUT2D eigenvalue weighted by Crippen LogP contribution is -2.63. The summed E-state index contributed by atoms with van der Waals surface area (Å²) in [4.78, 5) is 112. The summed E-state index contributed by atoms with van der Waals surface area (Å²) in [6.07, 6.45) is 1.14. The van der Waals surface area contributed by atoms with Crippen LogP contribution in [0.15, 0.2) is 182 Å². The molecule has 0 spiro atoms. The van der Waals surface area contributed by atoms with E-state index >= 15 is 19.2 Å². The van der Waals surface area contributed by atoms with E-state index in [0.29, 0.717) is 24.0 Å². The lowest BCUT2D eigenvalue weighted by molar-refractivity contribution is -0.246. The van der Waals surface area contributed by atoms with Crippen molar-refractivity contribution in [3.8, 4) is 0 Å². The van der Waals surface area contributed by atoms with Crippen molar-refractivity contribution in [2.75, 3.05) is 45.8 Å². The number of primary amides is 1. The van der Waals surface area contributed by atoms with Crippen LogP contribution < -0.4 is 11.1 Å². The fourth-order valence-electron chi connectivity index (χ4n) is 11.6. The second-order valence-electron chi connectivity index (χ2n) is 23.8. The zero-order valence-corrected chi connectivity index (χ0v) is 51.0. The van der Waals surface area contributed by atoms with Crippen LogP contribution in [0.2, 0.25) is 0 Å². The first-order valence-electron chi connectivity index (χ1n) is 29.5. The van der Waals surface area contributed by atoms with Gasteiger partial charge >= 0.3 is 0 Å². The van der Waals surface area contributed by atoms with Crippen LogP contribution in [0.25, 0.3) is 0 Å². The predicted octanol–water partition coefficient (Wildman–Crippen LogP) is 8.89. The smallest absolute Gasteiger partial charge is 0.243 e. The number of benzene rings is 6. The molecule has 1 heterocycles. The molecule has 17 nitrogen and oxygen atoms in total. The number of nitrogens with zero attached hydrogens (tertiary/aromatic N) is 7. The summed E-state index contributed by atoms with van der Waals surface area (Å²) >= 11 is 0. The van der Waals surface area contributed by atoms with Gasteiger partial charge in [-0.1, -0.05) is 182 Å². The highest BCUT2D eigenvalue weighted by Crippen LogP contribution is 2.37. The van der Waals surface area contributed by atoms with Crippen molar-refractivity contribution in [2.24, 2.45) is 5.73 Å². The Hall–Kier alpha value is -8.51. The molecule has 454 valence electrons. The fourth-order valence-corrected chi connectivity index (χ4v) is 11.6. The van der Waals surface area contributed by atoms with Gasteiger partial charge in [-0.05, 0) is 102 Å². The van der Waals surface area contributed by atoms with Crippen molar-refractivity contribution in [1.82, 2.24) is 39.8 Å². The molecule has 1 aliphatic heterocycles. The van der Waals surface area contributed by atoms with Gasteiger partial charge in [-0.3, -0.25) is 33.6 Å². The number of nitrogens with two attached hydrogens (primary N) is 1. The van der Waals surface area contributed by atoms with Crippen molar-refractivity contribution in [1.29, 1.82) is 0 Å². The SMILES string of the molecule is C[C@@H](c1ccccc1)N(CC(N)=O)C(=O)CN(Cc1ccccc1)C(=O)CN(C(=O)CN(C(=O)CN(Cc1ccccc1)C(=O)CN(C(=O)CNC1CC(C)(C)N(O)C(C)(C)C1)[C@@H](C)c1ccccc1)[C@@H](C)c1ccccc1)[C@@H](C)c1ccccc1. The maximum Gasteiger partial charge on any atom is 0.243 e. The number of rotatable bonds is 27. The number of hydrogen-bond acceptors (Lipinski definition) is 10. The summed E-state index contributed by atoms with van der Waals surface area (Å²) in [6.45, 7) is 12.3. The number of amides is 7. The van der Waals surface area contributed by atoms with Crippen LogP contribution in [0, 0.1) is 0 Å². The second-order valence-corrected chi connectivity index (χ2v) is 23.8. The third kappa shape index (κ3) is 17.6. The molecule has 7 amide bonds. The van der Waals surface area contributed by atoms with E-state index in [0.717, 1.165) is 22.3 Å². The van der Waals surface area contributed by atoms with Crippen LogP contribution in [0.1, 0.15) is 126 Å². The maximum absolute atomic E-state index is 15.5. The van der Waals surface area contributed by atoms with Crippen LogP contribution in [-0.2, 0) is 46.7 Å². The Balaban J connectivity index is 1.20. The molecule has 0 bridgehead atoms. The van der Waals surface area contributed by atoms with Gasteiger partial charge in [0, 0.05) is 30.2 Å². The standard InChI is InChI=1S/C69H85N9O8/c1-50(56-31-19-11-20-32-56)74(44-61(70)79)65(83)45-72(42-54-27-15-9-16-28-54)64(82)48-76(52(3)58-35-23-13-24-36-58)67(85)49-77(53(4)59-37-25-14-26-38-59)66(84)46-73(43-55-29-17-10-18-30-55)63(81)47-75(51(2)57-33-21-12-22-34-57)62(80)41-71-60-39-68(5,6)78(86)69(7,8)40-60/h9-38,50-53,60,71,86H,39-49H2,1-8H3,(H2,70,79)/t50-,51-,52-,53-/m0/s1. The molecule has 1 fully saturated rings. The highest BCUT2D eigenvalue weighted by Gasteiger charge is 2.45. The number of carbonyl (C=O) groups is 7. The quantitative estimate of drug-likeness (QED) is 0.0448. The Morgan fingerprint density at radius 2 is 0.698 bits per heavy atom. The normalized spacial score (nSPS) is 15.2. The molecule has 7 rings (SSSR count). The minimum atomic E-state index is -0.727. The Labute approximate surface area is 507 Å². The predicted molar refractivity (Wildman–Crippen MR) is 332 cm³/mol. The summed E-state index contributed by atoms with van der Waals surface area (Å²) in [7, 11) is 0. The Kier molecular flexibility index (Phi) is 22.7. The van der Waals surface area contributed by atoms with Crippen molar-refractivity contribution in [3.05, 3.63) is 215 Å². The van der Waals surface area contributed by atoms with E-state index in [9.17, 15) is 19.6 Å². The third-order valence-electron chi connectivity index (χ3n) is 16.5. The molecule has 6 aromatic carbocycles. The monoisotopic (exact) mass is 1170 g/mol. The third-order valence-corrected chi connectivity index (χ3v) is 16.5. The van der Waals surface area contributed by atoms with E-state index in [4.69, 9.17) is 5.73 Å². The molecule has 1 aliphatic rings.